The van der Waals surface area contributed by atoms with Gasteiger partial charge >= 0.3 is 11.9 Å². The fraction of sp³-hybridized carbons (Fsp3) is 0.176. The summed E-state index contributed by atoms with van der Waals surface area (Å²) in [6, 6.07) is 3.32. The highest BCUT2D eigenvalue weighted by atomic mass is 16.6. The maximum absolute atomic E-state index is 12.0. The normalized spacial score (nSPS) is 11.6. The van der Waals surface area contributed by atoms with Gasteiger partial charge in [0.2, 0.25) is 0 Å². The summed E-state index contributed by atoms with van der Waals surface area (Å²) < 4.78 is 9.75. The molecular formula is C17H16O10. The molecule has 0 aliphatic rings. The summed E-state index contributed by atoms with van der Waals surface area (Å²) in [5, 5.41) is 56.9. The molecule has 10 heteroatoms. The summed E-state index contributed by atoms with van der Waals surface area (Å²) in [5.41, 5.74) is -1.17. The van der Waals surface area contributed by atoms with Crippen LogP contribution in [0.2, 0.25) is 0 Å². The van der Waals surface area contributed by atoms with Crippen LogP contribution in [-0.4, -0.2) is 55.3 Å². The third-order valence-corrected chi connectivity index (χ3v) is 3.33. The van der Waals surface area contributed by atoms with E-state index in [4.69, 9.17) is 9.47 Å². The highest BCUT2D eigenvalue weighted by Crippen LogP contribution is 2.33. The quantitative estimate of drug-likeness (QED) is 0.415. The van der Waals surface area contributed by atoms with Crippen LogP contribution in [0.15, 0.2) is 24.3 Å². The van der Waals surface area contributed by atoms with Crippen molar-refractivity contribution in [2.24, 2.45) is 0 Å². The van der Waals surface area contributed by atoms with Crippen LogP contribution in [0.1, 0.15) is 27.6 Å². The minimum absolute atomic E-state index is 0.461. The number of hydrogen-bond acceptors (Lipinski definition) is 10. The number of carbonyl (C=O) groups excluding carboxylic acids is 2. The number of phenols is 6. The van der Waals surface area contributed by atoms with Crippen molar-refractivity contribution in [3.63, 3.8) is 0 Å². The molecule has 0 spiro atoms. The third-order valence-electron chi connectivity index (χ3n) is 3.33. The van der Waals surface area contributed by atoms with Crippen molar-refractivity contribution in [1.82, 2.24) is 0 Å². The molecule has 2 aromatic rings. The van der Waals surface area contributed by atoms with Gasteiger partial charge in [0.15, 0.2) is 0 Å². The zero-order chi connectivity index (χ0) is 20.3. The number of hydrogen-bond donors (Lipinski definition) is 6. The van der Waals surface area contributed by atoms with Crippen molar-refractivity contribution in [3.8, 4) is 34.5 Å². The van der Waals surface area contributed by atoms with Crippen LogP contribution in [-0.2, 0) is 9.47 Å². The average molecular weight is 380 g/mol. The van der Waals surface area contributed by atoms with Crippen LogP contribution in [0, 0.1) is 0 Å². The van der Waals surface area contributed by atoms with E-state index in [0.717, 1.165) is 24.3 Å². The molecule has 2 rings (SSSR count). The van der Waals surface area contributed by atoms with Gasteiger partial charge in [-0.2, -0.15) is 0 Å². The summed E-state index contributed by atoms with van der Waals surface area (Å²) in [7, 11) is 0. The fourth-order valence-electron chi connectivity index (χ4n) is 2.15. The minimum atomic E-state index is -1.14. The van der Waals surface area contributed by atoms with Crippen molar-refractivity contribution in [3.05, 3.63) is 35.4 Å². The SMILES string of the molecule is CC(COC(=O)c1c(O)cc(O)cc1O)OC(=O)c1c(O)cc(O)cc1O. The van der Waals surface area contributed by atoms with E-state index < -0.39 is 70.3 Å². The highest BCUT2D eigenvalue weighted by Gasteiger charge is 2.24. The van der Waals surface area contributed by atoms with E-state index in [0.29, 0.717) is 0 Å². The Kier molecular flexibility index (Phi) is 5.49. The van der Waals surface area contributed by atoms with Crippen LogP contribution in [0.5, 0.6) is 34.5 Å². The highest BCUT2D eigenvalue weighted by molar-refractivity contribution is 5.96. The molecule has 1 atom stereocenters. The lowest BCUT2D eigenvalue weighted by Crippen LogP contribution is -2.22. The molecule has 6 N–H and O–H groups in total. The van der Waals surface area contributed by atoms with E-state index in [1.807, 2.05) is 0 Å². The summed E-state index contributed by atoms with van der Waals surface area (Å²) >= 11 is 0. The third kappa shape index (κ3) is 4.42. The van der Waals surface area contributed by atoms with Crippen LogP contribution < -0.4 is 0 Å². The van der Waals surface area contributed by atoms with Crippen molar-refractivity contribution >= 4 is 11.9 Å². The van der Waals surface area contributed by atoms with Gasteiger partial charge in [-0.1, -0.05) is 0 Å². The van der Waals surface area contributed by atoms with Crippen molar-refractivity contribution in [2.45, 2.75) is 13.0 Å². The Balaban J connectivity index is 2.02. The molecule has 0 amide bonds. The van der Waals surface area contributed by atoms with Gasteiger partial charge in [-0.15, -0.1) is 0 Å². The second-order valence-corrected chi connectivity index (χ2v) is 5.53. The van der Waals surface area contributed by atoms with E-state index in [-0.39, 0.29) is 0 Å². The molecule has 0 aliphatic carbocycles. The van der Waals surface area contributed by atoms with Gasteiger partial charge in [0.1, 0.15) is 58.3 Å². The Labute approximate surface area is 152 Å². The molecule has 0 heterocycles. The molecule has 1 unspecified atom stereocenters. The summed E-state index contributed by atoms with van der Waals surface area (Å²) in [6.45, 7) is 0.861. The molecule has 144 valence electrons. The fourth-order valence-corrected chi connectivity index (χ4v) is 2.15. The summed E-state index contributed by atoms with van der Waals surface area (Å²) in [4.78, 5) is 23.9. The predicted octanol–water partition coefficient (Wildman–Crippen LogP) is 1.32. The van der Waals surface area contributed by atoms with Crippen molar-refractivity contribution < 1.29 is 49.7 Å². The number of rotatable bonds is 5. The van der Waals surface area contributed by atoms with E-state index >= 15 is 0 Å². The summed E-state index contributed by atoms with van der Waals surface area (Å²) in [5.74, 6) is -6.02. The Morgan fingerprint density at radius 3 is 1.56 bits per heavy atom. The molecule has 2 aromatic carbocycles. The molecule has 0 aromatic heterocycles. The molecule has 0 radical (unpaired) electrons. The number of esters is 2. The minimum Gasteiger partial charge on any atom is -0.508 e. The molecule has 0 saturated heterocycles. The largest absolute Gasteiger partial charge is 0.508 e. The van der Waals surface area contributed by atoms with E-state index in [9.17, 15) is 40.2 Å². The van der Waals surface area contributed by atoms with Crippen LogP contribution in [0.25, 0.3) is 0 Å². The standard InChI is InChI=1S/C17H16O10/c1-7(27-17(25)15-12(22)4-9(19)5-13(15)23)6-26-16(24)14-10(20)2-8(18)3-11(14)21/h2-5,7,18-23H,6H2,1H3. The summed E-state index contributed by atoms with van der Waals surface area (Å²) in [6.07, 6.45) is -1.03. The predicted molar refractivity (Wildman–Crippen MR) is 88.0 cm³/mol. The maximum atomic E-state index is 12.0. The van der Waals surface area contributed by atoms with Gasteiger partial charge in [-0.3, -0.25) is 0 Å². The zero-order valence-corrected chi connectivity index (χ0v) is 13.9. The van der Waals surface area contributed by atoms with Gasteiger partial charge < -0.3 is 40.1 Å². The zero-order valence-electron chi connectivity index (χ0n) is 13.9. The lowest BCUT2D eigenvalue weighted by atomic mass is 10.1. The van der Waals surface area contributed by atoms with Gasteiger partial charge in [0, 0.05) is 24.3 Å². The first-order valence-electron chi connectivity index (χ1n) is 7.48. The van der Waals surface area contributed by atoms with Crippen molar-refractivity contribution in [2.75, 3.05) is 6.61 Å². The molecule has 10 nitrogen and oxygen atoms in total. The topological polar surface area (TPSA) is 174 Å². The van der Waals surface area contributed by atoms with Gasteiger partial charge in [0.05, 0.1) is 0 Å². The maximum Gasteiger partial charge on any atom is 0.346 e. The molecular weight excluding hydrogens is 364 g/mol. The number of carbonyl (C=O) groups is 2. The first-order valence-corrected chi connectivity index (χ1v) is 7.48. The first kappa shape index (κ1) is 19.5. The number of phenolic OH excluding ortho intramolecular Hbond substituents is 6. The van der Waals surface area contributed by atoms with Crippen LogP contribution in [0.3, 0.4) is 0 Å². The monoisotopic (exact) mass is 380 g/mol. The average Bonchev–Trinajstić information content (AvgIpc) is 2.50. The first-order chi connectivity index (χ1) is 12.6. The van der Waals surface area contributed by atoms with Crippen LogP contribution >= 0.6 is 0 Å². The lowest BCUT2D eigenvalue weighted by Gasteiger charge is -2.15. The van der Waals surface area contributed by atoms with E-state index in [1.165, 1.54) is 6.92 Å². The van der Waals surface area contributed by atoms with Gasteiger partial charge in [-0.05, 0) is 6.92 Å². The second-order valence-electron chi connectivity index (χ2n) is 5.53. The lowest BCUT2D eigenvalue weighted by molar-refractivity contribution is 0.00378. The van der Waals surface area contributed by atoms with E-state index in [1.54, 1.807) is 0 Å². The van der Waals surface area contributed by atoms with Crippen LogP contribution in [0.4, 0.5) is 0 Å². The smallest absolute Gasteiger partial charge is 0.346 e. The van der Waals surface area contributed by atoms with Crippen molar-refractivity contribution in [1.29, 1.82) is 0 Å². The Bertz CT molecular complexity index is 843. The number of aromatic hydroxyl groups is 6. The van der Waals surface area contributed by atoms with E-state index in [2.05, 4.69) is 0 Å². The molecule has 0 fully saturated rings. The molecule has 27 heavy (non-hydrogen) atoms. The molecule has 0 saturated carbocycles. The number of ether oxygens (including phenoxy) is 2. The Morgan fingerprint density at radius 1 is 0.778 bits per heavy atom. The second kappa shape index (κ2) is 7.60. The van der Waals surface area contributed by atoms with Gasteiger partial charge in [0.25, 0.3) is 0 Å². The van der Waals surface area contributed by atoms with Gasteiger partial charge in [-0.25, -0.2) is 9.59 Å². The molecule has 0 aliphatic heterocycles. The Morgan fingerprint density at radius 2 is 1.15 bits per heavy atom. The Hall–Kier alpha value is -3.82. The number of benzene rings is 2. The molecule has 0 bridgehead atoms.